The molecule has 1 N–H and O–H groups in total. The molecular formula is C31H47BrN2O6S. The van der Waals surface area contributed by atoms with Gasteiger partial charge in [0.25, 0.3) is 0 Å². The summed E-state index contributed by atoms with van der Waals surface area (Å²) in [6, 6.07) is 12.8. The zero-order valence-electron chi connectivity index (χ0n) is 25.9. The van der Waals surface area contributed by atoms with Crippen LogP contribution in [0.1, 0.15) is 72.7 Å². The summed E-state index contributed by atoms with van der Waals surface area (Å²) < 4.78 is 21.8. The number of ether oxygens (including phenoxy) is 4. The largest absolute Gasteiger partial charge is 0.492 e. The van der Waals surface area contributed by atoms with Crippen LogP contribution in [-0.4, -0.2) is 65.6 Å². The lowest BCUT2D eigenvalue weighted by Gasteiger charge is -2.30. The summed E-state index contributed by atoms with van der Waals surface area (Å²) in [5, 5.41) is 3.25. The fraction of sp³-hybridized carbons (Fsp3) is 0.516. The van der Waals surface area contributed by atoms with E-state index >= 15 is 0 Å². The number of anilines is 1. The van der Waals surface area contributed by atoms with E-state index in [-0.39, 0.29) is 17.9 Å². The lowest BCUT2D eigenvalue weighted by molar-refractivity contribution is 0.0164. The molecule has 41 heavy (non-hydrogen) atoms. The van der Waals surface area contributed by atoms with Crippen LogP contribution in [0.2, 0.25) is 0 Å². The topological polar surface area (TPSA) is 86.3 Å². The summed E-state index contributed by atoms with van der Waals surface area (Å²) >= 11 is 7.86. The van der Waals surface area contributed by atoms with Crippen molar-refractivity contribution in [2.24, 2.45) is 0 Å². The molecule has 0 bridgehead atoms. The van der Waals surface area contributed by atoms with E-state index in [4.69, 9.17) is 31.2 Å². The van der Waals surface area contributed by atoms with E-state index in [1.54, 1.807) is 23.1 Å². The number of hydrogen-bond donors (Lipinski definition) is 1. The maximum absolute atomic E-state index is 12.2. The molecule has 1 amide bonds. The Morgan fingerprint density at radius 2 is 1.61 bits per heavy atom. The lowest BCUT2D eigenvalue weighted by Crippen LogP contribution is -2.43. The van der Waals surface area contributed by atoms with Gasteiger partial charge in [0.05, 0.1) is 17.4 Å². The molecule has 0 spiro atoms. The molecule has 10 heteroatoms. The van der Waals surface area contributed by atoms with Gasteiger partial charge in [-0.1, -0.05) is 55.8 Å². The van der Waals surface area contributed by atoms with Gasteiger partial charge in [-0.3, -0.25) is 4.79 Å². The Morgan fingerprint density at radius 1 is 1.02 bits per heavy atom. The third-order valence-corrected chi connectivity index (χ3v) is 5.54. The maximum atomic E-state index is 12.2. The van der Waals surface area contributed by atoms with Gasteiger partial charge in [-0.2, -0.15) is 0 Å². The van der Waals surface area contributed by atoms with Crippen molar-refractivity contribution in [2.75, 3.05) is 37.0 Å². The molecule has 0 aliphatic carbocycles. The standard InChI is InChI=1S/C17H26N2O3S.C10H9BrO3.2C2H6/c1-13(2)19(16(20)22-17(3,4)5)10-11-21-15-8-6-14(7-9-15)18-12-23;11-6-8(12)7-1-2-9-10(5-7)14-4-3-13-9;2*1-2/h6-9,12-13H,10-11H2,1-5H3,(H,18,23);1-2,5H,3-4,6H2;2*1-2H3. The summed E-state index contributed by atoms with van der Waals surface area (Å²) in [6.45, 7) is 19.5. The number of carbonyl (C=O) groups excluding carboxylic acids is 2. The fourth-order valence-corrected chi connectivity index (χ4v) is 3.61. The van der Waals surface area contributed by atoms with Crippen molar-refractivity contribution in [3.05, 3.63) is 48.0 Å². The molecule has 0 unspecified atom stereocenters. The highest BCUT2D eigenvalue weighted by Crippen LogP contribution is 2.30. The van der Waals surface area contributed by atoms with E-state index in [1.165, 1.54) is 5.49 Å². The van der Waals surface area contributed by atoms with Crippen LogP contribution in [-0.2, 0) is 4.74 Å². The molecule has 0 fully saturated rings. The summed E-state index contributed by atoms with van der Waals surface area (Å²) in [4.78, 5) is 25.2. The minimum absolute atomic E-state index is 0.0435. The number of benzene rings is 2. The Bertz CT molecular complexity index is 1040. The van der Waals surface area contributed by atoms with Crippen LogP contribution >= 0.6 is 28.1 Å². The number of nitrogens with one attached hydrogen (secondary N) is 1. The van der Waals surface area contributed by atoms with Gasteiger partial charge in [0, 0.05) is 17.3 Å². The number of amides is 1. The van der Waals surface area contributed by atoms with E-state index in [2.05, 4.69) is 21.2 Å². The number of nitrogens with zero attached hydrogens (tertiary/aromatic N) is 1. The van der Waals surface area contributed by atoms with Crippen LogP contribution in [0.15, 0.2) is 42.5 Å². The summed E-state index contributed by atoms with van der Waals surface area (Å²) in [5.41, 5.74) is 2.50. The van der Waals surface area contributed by atoms with Crippen molar-refractivity contribution >= 4 is 51.2 Å². The number of hydrogen-bond acceptors (Lipinski definition) is 7. The Hall–Kier alpha value is -2.85. The highest BCUT2D eigenvalue weighted by Gasteiger charge is 2.24. The molecule has 0 saturated heterocycles. The molecule has 2 aromatic carbocycles. The number of halogens is 1. The first-order valence-corrected chi connectivity index (χ1v) is 15.5. The van der Waals surface area contributed by atoms with Crippen molar-refractivity contribution in [2.45, 2.75) is 74.0 Å². The van der Waals surface area contributed by atoms with Crippen LogP contribution in [0.5, 0.6) is 17.2 Å². The van der Waals surface area contributed by atoms with E-state index in [9.17, 15) is 9.59 Å². The van der Waals surface area contributed by atoms with Crippen molar-refractivity contribution in [1.82, 2.24) is 4.90 Å². The Kier molecular flexibility index (Phi) is 19.5. The molecule has 0 atom stereocenters. The molecule has 230 valence electrons. The van der Waals surface area contributed by atoms with E-state index in [0.29, 0.717) is 48.8 Å². The second kappa shape index (κ2) is 20.9. The Labute approximate surface area is 260 Å². The Morgan fingerprint density at radius 3 is 2.12 bits per heavy atom. The van der Waals surface area contributed by atoms with Gasteiger partial charge in [0.1, 0.15) is 31.2 Å². The molecule has 3 rings (SSSR count). The second-order valence-electron chi connectivity index (χ2n) is 9.32. The number of ketones is 1. The number of rotatable bonds is 9. The molecule has 0 radical (unpaired) electrons. The molecule has 0 aromatic heterocycles. The van der Waals surface area contributed by atoms with Crippen molar-refractivity contribution in [1.29, 1.82) is 0 Å². The zero-order valence-corrected chi connectivity index (χ0v) is 28.3. The van der Waals surface area contributed by atoms with Crippen LogP contribution in [0.4, 0.5) is 10.5 Å². The molecule has 1 aliphatic heterocycles. The Balaban J connectivity index is 0.000000754. The molecule has 0 saturated carbocycles. The minimum Gasteiger partial charge on any atom is -0.492 e. The number of carbonyl (C=O) groups is 2. The van der Waals surface area contributed by atoms with Gasteiger partial charge in [-0.25, -0.2) is 4.79 Å². The lowest BCUT2D eigenvalue weighted by atomic mass is 10.1. The average Bonchev–Trinajstić information content (AvgIpc) is 2.97. The van der Waals surface area contributed by atoms with Gasteiger partial charge in [-0.15, -0.1) is 0 Å². The third-order valence-electron chi connectivity index (χ3n) is 4.92. The quantitative estimate of drug-likeness (QED) is 0.165. The van der Waals surface area contributed by atoms with Crippen LogP contribution in [0, 0.1) is 0 Å². The monoisotopic (exact) mass is 654 g/mol. The number of alkyl halides is 1. The second-order valence-corrected chi connectivity index (χ2v) is 10.1. The predicted octanol–water partition coefficient (Wildman–Crippen LogP) is 8.17. The van der Waals surface area contributed by atoms with Gasteiger partial charge in [-0.05, 0) is 77.1 Å². The zero-order chi connectivity index (χ0) is 31.4. The normalized spacial score (nSPS) is 11.2. The van der Waals surface area contributed by atoms with E-state index in [1.807, 2.05) is 86.6 Å². The number of Topliss-reactive ketones (excluding diaryl/α,β-unsaturated/α-hetero) is 1. The van der Waals surface area contributed by atoms with Gasteiger partial charge >= 0.3 is 6.09 Å². The predicted molar refractivity (Wildman–Crippen MR) is 176 cm³/mol. The van der Waals surface area contributed by atoms with Crippen molar-refractivity contribution in [3.8, 4) is 17.2 Å². The SMILES string of the molecule is CC.CC.CC(C)N(CCOc1ccc(NC=S)cc1)C(=O)OC(C)(C)C.O=C(CBr)c1ccc2c(c1)OCCO2. The van der Waals surface area contributed by atoms with Gasteiger partial charge < -0.3 is 29.2 Å². The molecule has 1 aliphatic rings. The fourth-order valence-electron chi connectivity index (χ4n) is 3.15. The van der Waals surface area contributed by atoms with Crippen LogP contribution in [0.25, 0.3) is 0 Å². The molecule has 8 nitrogen and oxygen atoms in total. The first-order valence-electron chi connectivity index (χ1n) is 14.0. The highest BCUT2D eigenvalue weighted by molar-refractivity contribution is 9.09. The highest BCUT2D eigenvalue weighted by atomic mass is 79.9. The summed E-state index contributed by atoms with van der Waals surface area (Å²) in [6.07, 6.45) is -0.323. The van der Waals surface area contributed by atoms with E-state index in [0.717, 1.165) is 11.4 Å². The molecular weight excluding hydrogens is 608 g/mol. The maximum Gasteiger partial charge on any atom is 0.410 e. The van der Waals surface area contributed by atoms with Crippen molar-refractivity contribution < 1.29 is 28.5 Å². The average molecular weight is 656 g/mol. The van der Waals surface area contributed by atoms with E-state index < -0.39 is 5.60 Å². The van der Waals surface area contributed by atoms with Crippen LogP contribution < -0.4 is 19.5 Å². The number of fused-ring (bicyclic) bond motifs is 1. The first-order chi connectivity index (χ1) is 19.5. The van der Waals surface area contributed by atoms with Crippen LogP contribution in [0.3, 0.4) is 0 Å². The molecule has 2 aromatic rings. The van der Waals surface area contributed by atoms with Crippen molar-refractivity contribution in [3.63, 3.8) is 0 Å². The van der Waals surface area contributed by atoms with Gasteiger partial charge in [0.15, 0.2) is 17.3 Å². The number of thiocarbonyl (C=S) groups is 1. The van der Waals surface area contributed by atoms with Gasteiger partial charge in [0.2, 0.25) is 0 Å². The molecule has 1 heterocycles. The summed E-state index contributed by atoms with van der Waals surface area (Å²) in [5.74, 6) is 2.15. The summed E-state index contributed by atoms with van der Waals surface area (Å²) in [7, 11) is 0. The first kappa shape index (κ1) is 38.1. The minimum atomic E-state index is -0.504. The smallest absolute Gasteiger partial charge is 0.410 e. The third kappa shape index (κ3) is 15.1.